The minimum Gasteiger partial charge on any atom is -0.399 e. The van der Waals surface area contributed by atoms with E-state index in [4.69, 9.17) is 5.73 Å². The quantitative estimate of drug-likeness (QED) is 0.787. The Bertz CT molecular complexity index is 394. The van der Waals surface area contributed by atoms with Crippen molar-refractivity contribution in [3.8, 4) is 0 Å². The van der Waals surface area contributed by atoms with E-state index in [1.54, 1.807) is 0 Å². The fraction of sp³-hybridized carbons (Fsp3) is 0.600. The molecule has 0 heterocycles. The Kier molecular flexibility index (Phi) is 2.83. The summed E-state index contributed by atoms with van der Waals surface area (Å²) < 4.78 is 0. The van der Waals surface area contributed by atoms with E-state index in [0.29, 0.717) is 6.04 Å². The summed E-state index contributed by atoms with van der Waals surface area (Å²) in [5.41, 5.74) is 8.14. The van der Waals surface area contributed by atoms with Crippen molar-refractivity contribution in [1.29, 1.82) is 0 Å². The van der Waals surface area contributed by atoms with Gasteiger partial charge in [0.15, 0.2) is 0 Å². The van der Waals surface area contributed by atoms with E-state index < -0.39 is 0 Å². The van der Waals surface area contributed by atoms with Gasteiger partial charge >= 0.3 is 0 Å². The summed E-state index contributed by atoms with van der Waals surface area (Å²) in [5, 5.41) is 0. The molecule has 1 aromatic carbocycles. The highest BCUT2D eigenvalue weighted by molar-refractivity contribution is 5.41. The van der Waals surface area contributed by atoms with Gasteiger partial charge in [-0.25, -0.2) is 0 Å². The van der Waals surface area contributed by atoms with Gasteiger partial charge in [-0.2, -0.15) is 0 Å². The lowest BCUT2D eigenvalue weighted by Gasteiger charge is -2.29. The minimum absolute atomic E-state index is 0.520. The SMILES string of the molecule is CC(c1cccc(N)c1)N(CC1CC1)C1CC1. The van der Waals surface area contributed by atoms with Crippen LogP contribution in [-0.4, -0.2) is 17.5 Å². The zero-order valence-electron chi connectivity index (χ0n) is 10.6. The molecule has 1 atom stereocenters. The predicted molar refractivity (Wildman–Crippen MR) is 71.7 cm³/mol. The number of rotatable bonds is 5. The van der Waals surface area contributed by atoms with Crippen LogP contribution in [0.15, 0.2) is 24.3 Å². The summed E-state index contributed by atoms with van der Waals surface area (Å²) in [5.74, 6) is 0.971. The smallest absolute Gasteiger partial charge is 0.0323 e. The Hall–Kier alpha value is -1.02. The number of anilines is 1. The molecule has 3 rings (SSSR count). The van der Waals surface area contributed by atoms with Crippen molar-refractivity contribution in [2.45, 2.75) is 44.7 Å². The second-order valence-electron chi connectivity index (χ2n) is 5.72. The molecule has 2 aliphatic carbocycles. The highest BCUT2D eigenvalue weighted by Crippen LogP contribution is 2.39. The van der Waals surface area contributed by atoms with Crippen molar-refractivity contribution in [1.82, 2.24) is 4.90 Å². The van der Waals surface area contributed by atoms with Crippen molar-refractivity contribution >= 4 is 5.69 Å². The normalized spacial score (nSPS) is 21.8. The highest BCUT2D eigenvalue weighted by Gasteiger charge is 2.36. The Labute approximate surface area is 104 Å². The molecule has 0 saturated heterocycles. The minimum atomic E-state index is 0.520. The molecular weight excluding hydrogens is 208 g/mol. The predicted octanol–water partition coefficient (Wildman–Crippen LogP) is 3.20. The van der Waals surface area contributed by atoms with Crippen molar-refractivity contribution in [3.05, 3.63) is 29.8 Å². The van der Waals surface area contributed by atoms with Gasteiger partial charge in [-0.15, -0.1) is 0 Å². The maximum Gasteiger partial charge on any atom is 0.0323 e. The van der Waals surface area contributed by atoms with Gasteiger partial charge in [0.2, 0.25) is 0 Å². The summed E-state index contributed by atoms with van der Waals surface area (Å²) in [6.45, 7) is 3.62. The lowest BCUT2D eigenvalue weighted by Crippen LogP contribution is -2.31. The largest absolute Gasteiger partial charge is 0.399 e. The van der Waals surface area contributed by atoms with Gasteiger partial charge in [0.1, 0.15) is 0 Å². The number of benzene rings is 1. The molecule has 0 radical (unpaired) electrons. The van der Waals surface area contributed by atoms with Crippen LogP contribution < -0.4 is 5.73 Å². The molecule has 2 aliphatic rings. The molecular formula is C15H22N2. The lowest BCUT2D eigenvalue weighted by molar-refractivity contribution is 0.191. The van der Waals surface area contributed by atoms with Gasteiger partial charge in [0.25, 0.3) is 0 Å². The molecule has 2 saturated carbocycles. The van der Waals surface area contributed by atoms with Crippen molar-refractivity contribution in [2.75, 3.05) is 12.3 Å². The van der Waals surface area contributed by atoms with Gasteiger partial charge in [-0.1, -0.05) is 12.1 Å². The van der Waals surface area contributed by atoms with Crippen LogP contribution in [0.1, 0.15) is 44.2 Å². The molecule has 1 unspecified atom stereocenters. The third kappa shape index (κ3) is 2.63. The Morgan fingerprint density at radius 2 is 2.06 bits per heavy atom. The zero-order chi connectivity index (χ0) is 11.8. The maximum absolute atomic E-state index is 5.88. The average molecular weight is 230 g/mol. The van der Waals surface area contributed by atoms with Gasteiger partial charge in [-0.05, 0) is 56.2 Å². The maximum atomic E-state index is 5.88. The molecule has 92 valence electrons. The number of hydrogen-bond acceptors (Lipinski definition) is 2. The van der Waals surface area contributed by atoms with Crippen LogP contribution in [0.25, 0.3) is 0 Å². The number of nitrogens with zero attached hydrogens (tertiary/aromatic N) is 1. The van der Waals surface area contributed by atoms with Crippen LogP contribution >= 0.6 is 0 Å². The Morgan fingerprint density at radius 1 is 1.29 bits per heavy atom. The molecule has 1 aromatic rings. The molecule has 0 aliphatic heterocycles. The van der Waals surface area contributed by atoms with E-state index in [0.717, 1.165) is 17.6 Å². The summed E-state index contributed by atoms with van der Waals surface area (Å²) in [6, 6.07) is 9.75. The van der Waals surface area contributed by atoms with Gasteiger partial charge in [0, 0.05) is 24.3 Å². The van der Waals surface area contributed by atoms with Crippen LogP contribution in [-0.2, 0) is 0 Å². The monoisotopic (exact) mass is 230 g/mol. The Balaban J connectivity index is 1.75. The lowest BCUT2D eigenvalue weighted by atomic mass is 10.1. The molecule has 0 bridgehead atoms. The Morgan fingerprint density at radius 3 is 2.65 bits per heavy atom. The van der Waals surface area contributed by atoms with E-state index >= 15 is 0 Å². The second-order valence-corrected chi connectivity index (χ2v) is 5.72. The molecule has 0 spiro atoms. The summed E-state index contributed by atoms with van der Waals surface area (Å²) in [7, 11) is 0. The average Bonchev–Trinajstić information content (AvgIpc) is 3.16. The van der Waals surface area contributed by atoms with E-state index in [2.05, 4.69) is 30.0 Å². The van der Waals surface area contributed by atoms with Crippen LogP contribution in [0.2, 0.25) is 0 Å². The van der Waals surface area contributed by atoms with E-state index in [1.165, 1.54) is 37.8 Å². The first kappa shape index (κ1) is 11.1. The van der Waals surface area contributed by atoms with Gasteiger partial charge < -0.3 is 5.73 Å². The van der Waals surface area contributed by atoms with Crippen LogP contribution in [0, 0.1) is 5.92 Å². The fourth-order valence-corrected chi connectivity index (χ4v) is 2.64. The first-order chi connectivity index (χ1) is 8.24. The summed E-state index contributed by atoms with van der Waals surface area (Å²) in [4.78, 5) is 2.70. The van der Waals surface area contributed by atoms with Crippen molar-refractivity contribution in [3.63, 3.8) is 0 Å². The standard InChI is InChI=1S/C15H22N2/c1-11(13-3-2-4-14(16)9-13)17(15-7-8-15)10-12-5-6-12/h2-4,9,11-12,15H,5-8,10,16H2,1H3. The second kappa shape index (κ2) is 4.34. The van der Waals surface area contributed by atoms with Crippen LogP contribution in [0.5, 0.6) is 0 Å². The molecule has 0 aromatic heterocycles. The van der Waals surface area contributed by atoms with Gasteiger partial charge in [0.05, 0.1) is 0 Å². The molecule has 0 amide bonds. The number of nitrogen functional groups attached to an aromatic ring is 1. The van der Waals surface area contributed by atoms with Crippen LogP contribution in [0.3, 0.4) is 0 Å². The number of hydrogen-bond donors (Lipinski definition) is 1. The first-order valence-electron chi connectivity index (χ1n) is 6.85. The molecule has 2 fully saturated rings. The molecule has 2 heteroatoms. The van der Waals surface area contributed by atoms with Crippen LogP contribution in [0.4, 0.5) is 5.69 Å². The zero-order valence-corrected chi connectivity index (χ0v) is 10.6. The van der Waals surface area contributed by atoms with Gasteiger partial charge in [-0.3, -0.25) is 4.90 Å². The molecule has 2 nitrogen and oxygen atoms in total. The topological polar surface area (TPSA) is 29.3 Å². The molecule has 17 heavy (non-hydrogen) atoms. The van der Waals surface area contributed by atoms with Crippen molar-refractivity contribution < 1.29 is 0 Å². The van der Waals surface area contributed by atoms with E-state index in [9.17, 15) is 0 Å². The first-order valence-corrected chi connectivity index (χ1v) is 6.85. The fourth-order valence-electron chi connectivity index (χ4n) is 2.64. The van der Waals surface area contributed by atoms with E-state index in [-0.39, 0.29) is 0 Å². The third-order valence-corrected chi connectivity index (χ3v) is 4.07. The number of nitrogens with two attached hydrogens (primary N) is 1. The summed E-state index contributed by atoms with van der Waals surface area (Å²) >= 11 is 0. The molecule has 2 N–H and O–H groups in total. The van der Waals surface area contributed by atoms with Crippen molar-refractivity contribution in [2.24, 2.45) is 5.92 Å². The highest BCUT2D eigenvalue weighted by atomic mass is 15.2. The summed E-state index contributed by atoms with van der Waals surface area (Å²) in [6.07, 6.45) is 5.65. The van der Waals surface area contributed by atoms with E-state index in [1.807, 2.05) is 6.07 Å². The third-order valence-electron chi connectivity index (χ3n) is 4.07.